The number of H-pyrrole nitrogens is 1. The number of para-hydroxylation sites is 1. The predicted octanol–water partition coefficient (Wildman–Crippen LogP) is 3.44. The molecule has 2 N–H and O–H groups in total. The van der Waals surface area contributed by atoms with Crippen LogP contribution < -0.4 is 10.1 Å². The van der Waals surface area contributed by atoms with Gasteiger partial charge in [0.15, 0.2) is 5.65 Å². The van der Waals surface area contributed by atoms with Gasteiger partial charge in [-0.05, 0) is 25.1 Å². The van der Waals surface area contributed by atoms with Gasteiger partial charge in [-0.25, -0.2) is 9.97 Å². The number of ether oxygens (including phenoxy) is 1. The van der Waals surface area contributed by atoms with Gasteiger partial charge in [0.05, 0.1) is 24.5 Å². The van der Waals surface area contributed by atoms with E-state index in [2.05, 4.69) is 31.5 Å². The quantitative estimate of drug-likeness (QED) is 0.602. The molecule has 4 aromatic rings. The van der Waals surface area contributed by atoms with Crippen molar-refractivity contribution in [2.45, 2.75) is 13.5 Å². The first-order valence-corrected chi connectivity index (χ1v) is 7.72. The molecule has 0 radical (unpaired) electrons. The van der Waals surface area contributed by atoms with Crippen molar-refractivity contribution < 1.29 is 4.74 Å². The van der Waals surface area contributed by atoms with E-state index in [4.69, 9.17) is 4.74 Å². The Morgan fingerprint density at radius 2 is 2.08 bits per heavy atom. The van der Waals surface area contributed by atoms with Crippen LogP contribution in [-0.4, -0.2) is 27.3 Å². The monoisotopic (exact) mass is 319 g/mol. The van der Waals surface area contributed by atoms with Crippen LogP contribution >= 0.6 is 0 Å². The molecule has 0 aliphatic carbocycles. The number of aromatic amines is 1. The number of hydrogen-bond acceptors (Lipinski definition) is 5. The van der Waals surface area contributed by atoms with Gasteiger partial charge in [0.25, 0.3) is 0 Å². The molecule has 1 aromatic carbocycles. The van der Waals surface area contributed by atoms with Crippen LogP contribution in [0.5, 0.6) is 5.88 Å². The van der Waals surface area contributed by atoms with Gasteiger partial charge >= 0.3 is 0 Å². The summed E-state index contributed by atoms with van der Waals surface area (Å²) >= 11 is 0. The van der Waals surface area contributed by atoms with Gasteiger partial charge in [0.2, 0.25) is 5.88 Å². The number of rotatable bonds is 4. The molecule has 0 saturated carbocycles. The van der Waals surface area contributed by atoms with Crippen molar-refractivity contribution in [1.29, 1.82) is 0 Å². The Morgan fingerprint density at radius 1 is 1.21 bits per heavy atom. The number of aryl methyl sites for hydroxylation is 1. The highest BCUT2D eigenvalue weighted by Crippen LogP contribution is 2.24. The molecule has 0 atom stereocenters. The first-order valence-electron chi connectivity index (χ1n) is 7.72. The lowest BCUT2D eigenvalue weighted by Crippen LogP contribution is -2.03. The van der Waals surface area contributed by atoms with Crippen molar-refractivity contribution >= 4 is 27.6 Å². The summed E-state index contributed by atoms with van der Waals surface area (Å²) in [6.45, 7) is 2.59. The van der Waals surface area contributed by atoms with E-state index in [0.29, 0.717) is 12.4 Å². The van der Waals surface area contributed by atoms with Crippen LogP contribution in [0.15, 0.2) is 42.6 Å². The minimum absolute atomic E-state index is 0.602. The summed E-state index contributed by atoms with van der Waals surface area (Å²) in [6, 6.07) is 12.2. The number of anilines is 1. The summed E-state index contributed by atoms with van der Waals surface area (Å²) < 4.78 is 5.44. The third-order valence-corrected chi connectivity index (χ3v) is 4.04. The fraction of sp³-hybridized carbons (Fsp3) is 0.167. The van der Waals surface area contributed by atoms with E-state index in [1.807, 2.05) is 37.3 Å². The Kier molecular flexibility index (Phi) is 3.49. The zero-order valence-electron chi connectivity index (χ0n) is 13.5. The van der Waals surface area contributed by atoms with Gasteiger partial charge < -0.3 is 10.1 Å². The van der Waals surface area contributed by atoms with Crippen LogP contribution in [0.3, 0.4) is 0 Å². The molecule has 0 spiro atoms. The molecule has 6 heteroatoms. The van der Waals surface area contributed by atoms with Crippen molar-refractivity contribution in [2.75, 3.05) is 12.4 Å². The molecule has 0 fully saturated rings. The lowest BCUT2D eigenvalue weighted by Gasteiger charge is -2.11. The molecular formula is C18H17N5O. The van der Waals surface area contributed by atoms with Crippen molar-refractivity contribution in [3.63, 3.8) is 0 Å². The van der Waals surface area contributed by atoms with Crippen LogP contribution in [0.25, 0.3) is 21.9 Å². The number of methoxy groups -OCH3 is 1. The first kappa shape index (κ1) is 14.4. The largest absolute Gasteiger partial charge is 0.481 e. The SMILES string of the molecule is COc1nc2ccccc2cc1CNc1cnc2n[nH]c(C)c2c1. The number of hydrogen-bond donors (Lipinski definition) is 2. The lowest BCUT2D eigenvalue weighted by molar-refractivity contribution is 0.395. The van der Waals surface area contributed by atoms with E-state index in [0.717, 1.165) is 38.9 Å². The highest BCUT2D eigenvalue weighted by Gasteiger charge is 2.08. The lowest BCUT2D eigenvalue weighted by atomic mass is 10.1. The molecule has 0 aliphatic rings. The second kappa shape index (κ2) is 5.81. The van der Waals surface area contributed by atoms with Crippen molar-refractivity contribution in [3.8, 4) is 5.88 Å². The van der Waals surface area contributed by atoms with E-state index in [-0.39, 0.29) is 0 Å². The predicted molar refractivity (Wildman–Crippen MR) is 94.2 cm³/mol. The highest BCUT2D eigenvalue weighted by molar-refractivity contribution is 5.81. The van der Waals surface area contributed by atoms with E-state index in [1.165, 1.54) is 0 Å². The van der Waals surface area contributed by atoms with E-state index >= 15 is 0 Å². The Labute approximate surface area is 138 Å². The molecule has 4 rings (SSSR count). The fourth-order valence-corrected chi connectivity index (χ4v) is 2.76. The van der Waals surface area contributed by atoms with Crippen molar-refractivity contribution in [3.05, 3.63) is 53.9 Å². The van der Waals surface area contributed by atoms with Crippen LogP contribution in [0.1, 0.15) is 11.3 Å². The molecule has 0 saturated heterocycles. The smallest absolute Gasteiger partial charge is 0.218 e. The average molecular weight is 319 g/mol. The van der Waals surface area contributed by atoms with Crippen LogP contribution in [0, 0.1) is 6.92 Å². The molecule has 3 aromatic heterocycles. The summed E-state index contributed by atoms with van der Waals surface area (Å²) in [4.78, 5) is 8.92. The second-order valence-electron chi connectivity index (χ2n) is 5.65. The molecule has 24 heavy (non-hydrogen) atoms. The maximum absolute atomic E-state index is 5.44. The fourth-order valence-electron chi connectivity index (χ4n) is 2.76. The molecule has 0 amide bonds. The second-order valence-corrected chi connectivity index (χ2v) is 5.65. The van der Waals surface area contributed by atoms with E-state index in [9.17, 15) is 0 Å². The molecule has 120 valence electrons. The Hall–Kier alpha value is -3.15. The normalized spacial score (nSPS) is 11.1. The van der Waals surface area contributed by atoms with Gasteiger partial charge in [-0.3, -0.25) is 5.10 Å². The Balaban J connectivity index is 1.64. The van der Waals surface area contributed by atoms with Gasteiger partial charge in [-0.1, -0.05) is 18.2 Å². The van der Waals surface area contributed by atoms with Gasteiger partial charge in [-0.2, -0.15) is 5.10 Å². The van der Waals surface area contributed by atoms with Crippen LogP contribution in [0.2, 0.25) is 0 Å². The van der Waals surface area contributed by atoms with Gasteiger partial charge in [-0.15, -0.1) is 0 Å². The minimum Gasteiger partial charge on any atom is -0.481 e. The first-order chi connectivity index (χ1) is 11.7. The summed E-state index contributed by atoms with van der Waals surface area (Å²) in [6.07, 6.45) is 1.78. The highest BCUT2D eigenvalue weighted by atomic mass is 16.5. The summed E-state index contributed by atoms with van der Waals surface area (Å²) in [5, 5.41) is 12.6. The van der Waals surface area contributed by atoms with Crippen molar-refractivity contribution in [2.24, 2.45) is 0 Å². The molecule has 3 heterocycles. The Bertz CT molecular complexity index is 1020. The number of fused-ring (bicyclic) bond motifs is 2. The number of nitrogens with zero attached hydrogens (tertiary/aromatic N) is 3. The molecular weight excluding hydrogens is 302 g/mol. The summed E-state index contributed by atoms with van der Waals surface area (Å²) in [5.74, 6) is 0.634. The topological polar surface area (TPSA) is 75.7 Å². The molecule has 6 nitrogen and oxygen atoms in total. The summed E-state index contributed by atoms with van der Waals surface area (Å²) in [5.41, 5.74) is 4.59. The number of pyridine rings is 2. The zero-order valence-corrected chi connectivity index (χ0v) is 13.5. The maximum Gasteiger partial charge on any atom is 0.218 e. The molecule has 0 aliphatic heterocycles. The minimum atomic E-state index is 0.602. The van der Waals surface area contributed by atoms with Crippen LogP contribution in [0.4, 0.5) is 5.69 Å². The number of benzene rings is 1. The molecule has 0 unspecified atom stereocenters. The Morgan fingerprint density at radius 3 is 2.96 bits per heavy atom. The number of nitrogens with one attached hydrogen (secondary N) is 2. The summed E-state index contributed by atoms with van der Waals surface area (Å²) in [7, 11) is 1.64. The average Bonchev–Trinajstić information content (AvgIpc) is 2.99. The van der Waals surface area contributed by atoms with Gasteiger partial charge in [0.1, 0.15) is 0 Å². The zero-order chi connectivity index (χ0) is 16.5. The third kappa shape index (κ3) is 2.52. The van der Waals surface area contributed by atoms with Gasteiger partial charge in [0, 0.05) is 28.6 Å². The third-order valence-electron chi connectivity index (χ3n) is 4.04. The maximum atomic E-state index is 5.44. The standard InChI is InChI=1S/C18H17N5O/c1-11-15-8-14(10-20-17(15)23-22-11)19-9-13-7-12-5-3-4-6-16(12)21-18(13)24-2/h3-8,10,19H,9H2,1-2H3,(H,20,22,23). The van der Waals surface area contributed by atoms with Crippen molar-refractivity contribution in [1.82, 2.24) is 20.2 Å². The van der Waals surface area contributed by atoms with E-state index in [1.54, 1.807) is 13.3 Å². The number of aromatic nitrogens is 4. The van der Waals surface area contributed by atoms with Crippen LogP contribution in [-0.2, 0) is 6.54 Å². The van der Waals surface area contributed by atoms with E-state index < -0.39 is 0 Å². The molecule has 0 bridgehead atoms.